The van der Waals surface area contributed by atoms with Crippen LogP contribution in [0.3, 0.4) is 0 Å². The lowest BCUT2D eigenvalue weighted by molar-refractivity contribution is 0.0607. The normalized spacial score (nSPS) is 10.6. The molecule has 0 spiro atoms. The summed E-state index contributed by atoms with van der Waals surface area (Å²) in [7, 11) is 3.11. The van der Waals surface area contributed by atoms with Crippen LogP contribution in [-0.2, 0) is 4.74 Å². The summed E-state index contributed by atoms with van der Waals surface area (Å²) in [6.07, 6.45) is 1.79. The molecule has 0 fully saturated rings. The lowest BCUT2D eigenvalue weighted by atomic mass is 10.3. The van der Waals surface area contributed by atoms with Crippen LogP contribution in [0.4, 0.5) is 17.5 Å². The number of fused-ring (bicyclic) bond motifs is 1. The first-order valence-corrected chi connectivity index (χ1v) is 7.06. The number of thiophene rings is 1. The van der Waals surface area contributed by atoms with Crippen LogP contribution in [0, 0.1) is 0 Å². The summed E-state index contributed by atoms with van der Waals surface area (Å²) in [5.74, 6) is 0.718. The maximum Gasteiger partial charge on any atom is 0.350 e. The minimum Gasteiger partial charge on any atom is -0.465 e. The molecule has 0 aliphatic carbocycles. The molecule has 3 heterocycles. The number of H-pyrrole nitrogens is 1. The predicted octanol–water partition coefficient (Wildman–Crippen LogP) is 2.59. The minimum atomic E-state index is -0.377. The molecule has 21 heavy (non-hydrogen) atoms. The summed E-state index contributed by atoms with van der Waals surface area (Å²) < 4.78 is 4.77. The minimum absolute atomic E-state index is 0.377. The maximum atomic E-state index is 11.7. The number of carbonyl (C=O) groups excluding carboxylic acids is 1. The highest BCUT2D eigenvalue weighted by Gasteiger charge is 2.16. The molecule has 8 heteroatoms. The van der Waals surface area contributed by atoms with Crippen LogP contribution >= 0.6 is 11.3 Å². The topological polar surface area (TPSA) is 91.9 Å². The van der Waals surface area contributed by atoms with Crippen LogP contribution in [0.5, 0.6) is 0 Å². The van der Waals surface area contributed by atoms with Crippen molar-refractivity contribution in [3.63, 3.8) is 0 Å². The zero-order valence-electron chi connectivity index (χ0n) is 11.4. The van der Waals surface area contributed by atoms with E-state index in [9.17, 15) is 4.79 Å². The van der Waals surface area contributed by atoms with Crippen molar-refractivity contribution in [1.29, 1.82) is 0 Å². The molecule has 3 aromatic heterocycles. The van der Waals surface area contributed by atoms with Crippen molar-refractivity contribution in [3.8, 4) is 0 Å². The van der Waals surface area contributed by atoms with Crippen molar-refractivity contribution in [2.75, 3.05) is 24.8 Å². The fourth-order valence-electron chi connectivity index (χ4n) is 1.93. The molecule has 0 aliphatic rings. The monoisotopic (exact) mass is 303 g/mol. The van der Waals surface area contributed by atoms with Gasteiger partial charge in [-0.3, -0.25) is 0 Å². The van der Waals surface area contributed by atoms with E-state index >= 15 is 0 Å². The summed E-state index contributed by atoms with van der Waals surface area (Å²) >= 11 is 1.31. The third kappa shape index (κ3) is 2.40. The molecule has 3 rings (SSSR count). The SMILES string of the molecule is CNc1nc(Nc2ccsc2C(=O)OC)c2[nH]ccc2n1. The van der Waals surface area contributed by atoms with Crippen molar-refractivity contribution in [1.82, 2.24) is 15.0 Å². The number of esters is 1. The molecular formula is C13H13N5O2S. The molecule has 0 aromatic carbocycles. The van der Waals surface area contributed by atoms with Crippen LogP contribution < -0.4 is 10.6 Å². The number of nitrogens with zero attached hydrogens (tertiary/aromatic N) is 2. The van der Waals surface area contributed by atoms with Crippen LogP contribution in [0.2, 0.25) is 0 Å². The van der Waals surface area contributed by atoms with Gasteiger partial charge in [0.2, 0.25) is 5.95 Å². The summed E-state index contributed by atoms with van der Waals surface area (Å²) in [5, 5.41) is 7.89. The smallest absolute Gasteiger partial charge is 0.350 e. The first-order chi connectivity index (χ1) is 10.2. The Morgan fingerprint density at radius 3 is 3.00 bits per heavy atom. The highest BCUT2D eigenvalue weighted by atomic mass is 32.1. The molecule has 0 unspecified atom stereocenters. The van der Waals surface area contributed by atoms with E-state index in [-0.39, 0.29) is 5.97 Å². The number of rotatable bonds is 4. The fourth-order valence-corrected chi connectivity index (χ4v) is 2.70. The van der Waals surface area contributed by atoms with E-state index in [2.05, 4.69) is 25.6 Å². The molecule has 108 valence electrons. The first kappa shape index (κ1) is 13.4. The van der Waals surface area contributed by atoms with E-state index in [4.69, 9.17) is 4.74 Å². The predicted molar refractivity (Wildman–Crippen MR) is 82.4 cm³/mol. The van der Waals surface area contributed by atoms with E-state index in [1.54, 1.807) is 13.2 Å². The van der Waals surface area contributed by atoms with Crippen LogP contribution in [0.25, 0.3) is 11.0 Å². The molecule has 3 aromatic rings. The second kappa shape index (κ2) is 5.41. The third-order valence-electron chi connectivity index (χ3n) is 2.92. The van der Waals surface area contributed by atoms with Crippen molar-refractivity contribution < 1.29 is 9.53 Å². The molecule has 0 aliphatic heterocycles. The van der Waals surface area contributed by atoms with Crippen LogP contribution in [0.15, 0.2) is 23.7 Å². The molecule has 7 nitrogen and oxygen atoms in total. The Morgan fingerprint density at radius 2 is 2.24 bits per heavy atom. The molecule has 0 atom stereocenters. The van der Waals surface area contributed by atoms with Crippen molar-refractivity contribution in [2.24, 2.45) is 0 Å². The van der Waals surface area contributed by atoms with Gasteiger partial charge in [0, 0.05) is 13.2 Å². The molecular weight excluding hydrogens is 290 g/mol. The standard InChI is InChI=1S/C13H13N5O2S/c1-14-13-17-7-3-5-15-9(7)11(18-13)16-8-4-6-21-10(8)12(19)20-2/h3-6,15H,1-2H3,(H2,14,16,17,18). The Bertz CT molecular complexity index is 795. The number of methoxy groups -OCH3 is 1. The number of nitrogens with one attached hydrogen (secondary N) is 3. The van der Waals surface area contributed by atoms with Gasteiger partial charge >= 0.3 is 5.97 Å². The van der Waals surface area contributed by atoms with Gasteiger partial charge in [-0.25, -0.2) is 9.78 Å². The van der Waals surface area contributed by atoms with Gasteiger partial charge in [0.05, 0.1) is 18.3 Å². The summed E-state index contributed by atoms with van der Waals surface area (Å²) in [6.45, 7) is 0. The van der Waals surface area contributed by atoms with E-state index < -0.39 is 0 Å². The number of hydrogen-bond donors (Lipinski definition) is 3. The van der Waals surface area contributed by atoms with E-state index in [0.717, 1.165) is 11.0 Å². The highest BCUT2D eigenvalue weighted by molar-refractivity contribution is 7.12. The van der Waals surface area contributed by atoms with Gasteiger partial charge in [-0.1, -0.05) is 0 Å². The quantitative estimate of drug-likeness (QED) is 0.642. The van der Waals surface area contributed by atoms with Gasteiger partial charge in [0.15, 0.2) is 5.82 Å². The third-order valence-corrected chi connectivity index (χ3v) is 3.81. The second-order valence-corrected chi connectivity index (χ2v) is 5.08. The molecule has 0 radical (unpaired) electrons. The second-order valence-electron chi connectivity index (χ2n) is 4.16. The Balaban J connectivity index is 2.04. The lowest BCUT2D eigenvalue weighted by Gasteiger charge is -2.08. The zero-order valence-corrected chi connectivity index (χ0v) is 12.2. The van der Waals surface area contributed by atoms with Crippen molar-refractivity contribution in [2.45, 2.75) is 0 Å². The van der Waals surface area contributed by atoms with Gasteiger partial charge in [0.1, 0.15) is 10.4 Å². The average molecular weight is 303 g/mol. The van der Waals surface area contributed by atoms with Gasteiger partial charge < -0.3 is 20.4 Å². The van der Waals surface area contributed by atoms with Gasteiger partial charge in [-0.2, -0.15) is 4.98 Å². The number of aromatic amines is 1. The number of ether oxygens (including phenoxy) is 1. The van der Waals surface area contributed by atoms with Gasteiger partial charge in [-0.15, -0.1) is 11.3 Å². The lowest BCUT2D eigenvalue weighted by Crippen LogP contribution is -2.05. The summed E-state index contributed by atoms with van der Waals surface area (Å²) in [6, 6.07) is 3.67. The van der Waals surface area contributed by atoms with Gasteiger partial charge in [0.25, 0.3) is 0 Å². The highest BCUT2D eigenvalue weighted by Crippen LogP contribution is 2.29. The van der Waals surface area contributed by atoms with Crippen molar-refractivity contribution in [3.05, 3.63) is 28.6 Å². The largest absolute Gasteiger partial charge is 0.465 e. The summed E-state index contributed by atoms with van der Waals surface area (Å²) in [4.78, 5) is 24.0. The van der Waals surface area contributed by atoms with Crippen LogP contribution in [0.1, 0.15) is 9.67 Å². The fraction of sp³-hybridized carbons (Fsp3) is 0.154. The number of hydrogen-bond acceptors (Lipinski definition) is 7. The Morgan fingerprint density at radius 1 is 1.38 bits per heavy atom. The van der Waals surface area contributed by atoms with E-state index in [0.29, 0.717) is 22.3 Å². The molecule has 0 amide bonds. The van der Waals surface area contributed by atoms with Crippen LogP contribution in [-0.4, -0.2) is 35.1 Å². The first-order valence-electron chi connectivity index (χ1n) is 6.18. The van der Waals surface area contributed by atoms with E-state index in [1.807, 2.05) is 17.5 Å². The maximum absolute atomic E-state index is 11.7. The molecule has 0 saturated carbocycles. The average Bonchev–Trinajstić information content (AvgIpc) is 3.14. The Hall–Kier alpha value is -2.61. The van der Waals surface area contributed by atoms with Crippen molar-refractivity contribution >= 4 is 45.8 Å². The number of anilines is 3. The van der Waals surface area contributed by atoms with Gasteiger partial charge in [-0.05, 0) is 17.5 Å². The zero-order chi connectivity index (χ0) is 14.8. The summed E-state index contributed by atoms with van der Waals surface area (Å²) in [5.41, 5.74) is 2.21. The Kier molecular flexibility index (Phi) is 3.44. The molecule has 0 saturated heterocycles. The number of aromatic nitrogens is 3. The Labute approximate surface area is 124 Å². The van der Waals surface area contributed by atoms with E-state index in [1.165, 1.54) is 18.4 Å². The molecule has 0 bridgehead atoms. The molecule has 3 N–H and O–H groups in total. The number of carbonyl (C=O) groups is 1.